The van der Waals surface area contributed by atoms with Crippen LogP contribution in [0.5, 0.6) is 0 Å². The van der Waals surface area contributed by atoms with Gasteiger partial charge in [-0.15, -0.1) is 22.9 Å². The van der Waals surface area contributed by atoms with E-state index in [9.17, 15) is 0 Å². The van der Waals surface area contributed by atoms with Crippen molar-refractivity contribution in [1.29, 1.82) is 0 Å². The van der Waals surface area contributed by atoms with E-state index in [1.807, 2.05) is 0 Å². The zero-order valence-corrected chi connectivity index (χ0v) is 12.7. The number of rotatable bonds is 1. The van der Waals surface area contributed by atoms with E-state index in [2.05, 4.69) is 67.9 Å². The van der Waals surface area contributed by atoms with Crippen LogP contribution in [-0.2, 0) is 32.7 Å². The smallest absolute Gasteiger partial charge is 0 e. The van der Waals surface area contributed by atoms with Gasteiger partial charge >= 0.3 is 0 Å². The Kier molecular flexibility index (Phi) is 3.86. The van der Waals surface area contributed by atoms with Crippen molar-refractivity contribution in [2.24, 2.45) is 0 Å². The Morgan fingerprint density at radius 1 is 0.765 bits per heavy atom. The molecule has 0 N–H and O–H groups in total. The molecule has 0 amide bonds. The van der Waals surface area contributed by atoms with Crippen LogP contribution >= 0.6 is 0 Å². The molecule has 0 bridgehead atoms. The third-order valence-electron chi connectivity index (χ3n) is 3.10. The molecule has 3 aromatic carbocycles. The molecule has 0 saturated heterocycles. The molecule has 0 heterocycles. The van der Waals surface area contributed by atoms with E-state index in [1.165, 1.54) is 27.1 Å². The number of fused-ring (bicyclic) bond motifs is 2. The van der Waals surface area contributed by atoms with Crippen LogP contribution in [0, 0.1) is 6.42 Å². The van der Waals surface area contributed by atoms with Gasteiger partial charge in [0.1, 0.15) is 0 Å². The number of benzene rings is 3. The van der Waals surface area contributed by atoms with Gasteiger partial charge < -0.3 is 0 Å². The maximum absolute atomic E-state index is 2.26. The fourth-order valence-electron chi connectivity index (χ4n) is 2.36. The molecule has 1 heteroatoms. The Morgan fingerprint density at radius 2 is 1.24 bits per heavy atom. The van der Waals surface area contributed by atoms with Gasteiger partial charge in [-0.3, -0.25) is 0 Å². The number of hydrogen-bond acceptors (Lipinski definition) is 0. The molecule has 0 atom stereocenters. The SMILES string of the molecule is C[CH-]c1c2ccccc2cc2ccccc12.[Y]. The molecule has 0 aromatic heterocycles. The van der Waals surface area contributed by atoms with E-state index in [4.69, 9.17) is 0 Å². The van der Waals surface area contributed by atoms with E-state index in [0.29, 0.717) is 0 Å². The van der Waals surface area contributed by atoms with Gasteiger partial charge in [0.15, 0.2) is 0 Å². The van der Waals surface area contributed by atoms with Gasteiger partial charge in [-0.2, -0.15) is 12.0 Å². The van der Waals surface area contributed by atoms with Crippen molar-refractivity contribution in [3.05, 3.63) is 66.6 Å². The summed E-state index contributed by atoms with van der Waals surface area (Å²) in [5.41, 5.74) is 1.34. The molecule has 81 valence electrons. The fourth-order valence-corrected chi connectivity index (χ4v) is 2.36. The summed E-state index contributed by atoms with van der Waals surface area (Å²) in [7, 11) is 0. The van der Waals surface area contributed by atoms with Crippen molar-refractivity contribution < 1.29 is 32.7 Å². The number of hydrogen-bond donors (Lipinski definition) is 0. The fraction of sp³-hybridized carbons (Fsp3) is 0.0625. The van der Waals surface area contributed by atoms with Gasteiger partial charge in [0.25, 0.3) is 0 Å². The minimum atomic E-state index is 0. The Labute approximate surface area is 127 Å². The minimum absolute atomic E-state index is 0. The van der Waals surface area contributed by atoms with Crippen LogP contribution in [0.2, 0.25) is 0 Å². The molecule has 0 nitrogen and oxygen atoms in total. The van der Waals surface area contributed by atoms with Crippen molar-refractivity contribution in [1.82, 2.24) is 0 Å². The van der Waals surface area contributed by atoms with Gasteiger partial charge in [0.05, 0.1) is 0 Å². The predicted molar refractivity (Wildman–Crippen MR) is 70.5 cm³/mol. The molecule has 0 aliphatic heterocycles. The maximum atomic E-state index is 2.26. The molecular weight excluding hydrogens is 281 g/mol. The molecule has 1 radical (unpaired) electrons. The molecule has 0 fully saturated rings. The van der Waals surface area contributed by atoms with Crippen LogP contribution in [0.4, 0.5) is 0 Å². The van der Waals surface area contributed by atoms with Crippen LogP contribution < -0.4 is 0 Å². The van der Waals surface area contributed by atoms with Crippen molar-refractivity contribution in [2.75, 3.05) is 0 Å². The summed E-state index contributed by atoms with van der Waals surface area (Å²) in [6.45, 7) is 2.11. The molecule has 0 unspecified atom stereocenters. The maximum Gasteiger partial charge on any atom is 0 e. The molecule has 0 saturated carbocycles. The largest absolute Gasteiger partial charge is 0.186 e. The second kappa shape index (κ2) is 5.20. The van der Waals surface area contributed by atoms with Crippen molar-refractivity contribution in [3.8, 4) is 0 Å². The molecule has 3 rings (SSSR count). The predicted octanol–water partition coefficient (Wildman–Crippen LogP) is 4.56. The minimum Gasteiger partial charge on any atom is -0.186 e. The van der Waals surface area contributed by atoms with Gasteiger partial charge in [0, 0.05) is 32.7 Å². The second-order valence-electron chi connectivity index (χ2n) is 4.02. The second-order valence-corrected chi connectivity index (χ2v) is 4.02. The standard InChI is InChI=1S/C16H13.Y/c1-2-14-15-9-5-3-7-12(15)11-13-8-4-6-10-16(13)14;/h2-11H,1H3;/q-1;. The van der Waals surface area contributed by atoms with Gasteiger partial charge in [-0.25, -0.2) is 0 Å². The Hall–Kier alpha value is -0.846. The first kappa shape index (κ1) is 12.6. The average molecular weight is 294 g/mol. The monoisotopic (exact) mass is 294 g/mol. The van der Waals surface area contributed by atoms with E-state index in [-0.39, 0.29) is 32.7 Å². The molecule has 0 aliphatic carbocycles. The summed E-state index contributed by atoms with van der Waals surface area (Å²) in [6, 6.07) is 19.4. The average Bonchev–Trinajstić information content (AvgIpc) is 2.36. The Bertz CT molecular complexity index is 602. The van der Waals surface area contributed by atoms with Crippen LogP contribution in [0.25, 0.3) is 21.5 Å². The molecule has 3 aromatic rings. The van der Waals surface area contributed by atoms with Crippen molar-refractivity contribution in [2.45, 2.75) is 6.92 Å². The Balaban J connectivity index is 0.00000108. The van der Waals surface area contributed by atoms with E-state index in [1.54, 1.807) is 0 Å². The van der Waals surface area contributed by atoms with Crippen LogP contribution in [0.1, 0.15) is 12.5 Å². The zero-order valence-electron chi connectivity index (χ0n) is 9.85. The Morgan fingerprint density at radius 3 is 1.71 bits per heavy atom. The summed E-state index contributed by atoms with van der Waals surface area (Å²) in [4.78, 5) is 0. The first-order valence-corrected chi connectivity index (χ1v) is 5.60. The van der Waals surface area contributed by atoms with Crippen molar-refractivity contribution >= 4 is 21.5 Å². The first-order valence-electron chi connectivity index (χ1n) is 5.60. The third-order valence-corrected chi connectivity index (χ3v) is 3.10. The van der Waals surface area contributed by atoms with Gasteiger partial charge in [-0.1, -0.05) is 60.2 Å². The normalized spacial score (nSPS) is 10.2. The van der Waals surface area contributed by atoms with Crippen molar-refractivity contribution in [3.63, 3.8) is 0 Å². The third kappa shape index (κ3) is 2.12. The summed E-state index contributed by atoms with van der Waals surface area (Å²) in [5.74, 6) is 0. The van der Waals surface area contributed by atoms with Gasteiger partial charge in [-0.05, 0) is 0 Å². The molecule has 0 spiro atoms. The first-order chi connectivity index (χ1) is 7.90. The molecular formula is C16H13Y-. The van der Waals surface area contributed by atoms with E-state index < -0.39 is 0 Å². The topological polar surface area (TPSA) is 0 Å². The molecule has 0 aliphatic rings. The van der Waals surface area contributed by atoms with E-state index in [0.717, 1.165) is 0 Å². The summed E-state index contributed by atoms with van der Waals surface area (Å²) in [5, 5.41) is 5.30. The summed E-state index contributed by atoms with van der Waals surface area (Å²) < 4.78 is 0. The van der Waals surface area contributed by atoms with E-state index >= 15 is 0 Å². The summed E-state index contributed by atoms with van der Waals surface area (Å²) >= 11 is 0. The van der Waals surface area contributed by atoms with Crippen LogP contribution in [0.15, 0.2) is 54.6 Å². The van der Waals surface area contributed by atoms with Crippen LogP contribution in [-0.4, -0.2) is 0 Å². The quantitative estimate of drug-likeness (QED) is 0.456. The van der Waals surface area contributed by atoms with Crippen LogP contribution in [0.3, 0.4) is 0 Å². The zero-order chi connectivity index (χ0) is 11.0. The summed E-state index contributed by atoms with van der Waals surface area (Å²) in [6.07, 6.45) is 2.20. The molecule has 17 heavy (non-hydrogen) atoms. The van der Waals surface area contributed by atoms with Gasteiger partial charge in [0.2, 0.25) is 0 Å².